The minimum absolute atomic E-state index is 0.288. The summed E-state index contributed by atoms with van der Waals surface area (Å²) in [6.45, 7) is 1.55. The third kappa shape index (κ3) is 2.17. The summed E-state index contributed by atoms with van der Waals surface area (Å²) < 4.78 is 9.46. The number of aliphatic hydroxyl groups excluding tert-OH is 2. The van der Waals surface area contributed by atoms with Crippen molar-refractivity contribution in [3.63, 3.8) is 0 Å². The zero-order valence-corrected chi connectivity index (χ0v) is 6.77. The second kappa shape index (κ2) is 3.84. The molecule has 1 heterocycles. The monoisotopic (exact) mass is 176 g/mol. The molecule has 0 aromatic heterocycles. The van der Waals surface area contributed by atoms with Crippen LogP contribution in [0, 0.1) is 0 Å². The van der Waals surface area contributed by atoms with Gasteiger partial charge in [-0.25, -0.2) is 0 Å². The molecule has 70 valence electrons. The molecule has 5 heteroatoms. The Kier molecular flexibility index (Phi) is 3.02. The summed E-state index contributed by atoms with van der Waals surface area (Å²) in [5.74, 6) is -0.465. The van der Waals surface area contributed by atoms with Crippen molar-refractivity contribution < 1.29 is 24.5 Å². The molecule has 12 heavy (non-hydrogen) atoms. The van der Waals surface area contributed by atoms with E-state index in [1.165, 1.54) is 6.92 Å². The average molecular weight is 176 g/mol. The van der Waals surface area contributed by atoms with Gasteiger partial charge in [0.15, 0.2) is 6.29 Å². The molecule has 1 saturated heterocycles. The second-order valence-electron chi connectivity index (χ2n) is 2.69. The first-order valence-electron chi connectivity index (χ1n) is 3.76. The molecule has 0 spiro atoms. The molecule has 0 aromatic carbocycles. The van der Waals surface area contributed by atoms with Crippen LogP contribution in [0.15, 0.2) is 0 Å². The lowest BCUT2D eigenvalue weighted by Crippen LogP contribution is -2.46. The Morgan fingerprint density at radius 3 is 2.83 bits per heavy atom. The van der Waals surface area contributed by atoms with Crippen molar-refractivity contribution in [2.45, 2.75) is 31.8 Å². The lowest BCUT2D eigenvalue weighted by atomic mass is 10.1. The van der Waals surface area contributed by atoms with Crippen molar-refractivity contribution in [2.75, 3.05) is 6.61 Å². The van der Waals surface area contributed by atoms with Crippen molar-refractivity contribution in [2.24, 2.45) is 0 Å². The van der Waals surface area contributed by atoms with Gasteiger partial charge in [0.25, 0.3) is 0 Å². The van der Waals surface area contributed by atoms with E-state index in [0.29, 0.717) is 6.42 Å². The summed E-state index contributed by atoms with van der Waals surface area (Å²) in [5, 5.41) is 18.2. The Labute approximate surface area is 69.9 Å². The van der Waals surface area contributed by atoms with Gasteiger partial charge >= 0.3 is 5.97 Å². The van der Waals surface area contributed by atoms with Crippen LogP contribution in [0.25, 0.3) is 0 Å². The quantitative estimate of drug-likeness (QED) is 0.502. The number of ether oxygens (including phenoxy) is 2. The van der Waals surface area contributed by atoms with E-state index >= 15 is 0 Å². The topological polar surface area (TPSA) is 76.0 Å². The first-order valence-corrected chi connectivity index (χ1v) is 3.76. The number of hydrogen-bond donors (Lipinski definition) is 2. The van der Waals surface area contributed by atoms with Crippen LogP contribution < -0.4 is 0 Å². The number of esters is 1. The minimum atomic E-state index is -1.25. The molecule has 0 bridgehead atoms. The van der Waals surface area contributed by atoms with E-state index in [4.69, 9.17) is 14.6 Å². The number of carbonyl (C=O) groups is 1. The fraction of sp³-hybridized carbons (Fsp3) is 0.857. The molecule has 3 atom stereocenters. The van der Waals surface area contributed by atoms with Gasteiger partial charge in [0, 0.05) is 13.3 Å². The number of hydrogen-bond acceptors (Lipinski definition) is 5. The zero-order chi connectivity index (χ0) is 9.14. The highest BCUT2D eigenvalue weighted by atomic mass is 16.6. The van der Waals surface area contributed by atoms with Crippen LogP contribution in [0.3, 0.4) is 0 Å². The maximum absolute atomic E-state index is 10.5. The van der Waals surface area contributed by atoms with Gasteiger partial charge in [-0.15, -0.1) is 0 Å². The van der Waals surface area contributed by atoms with Crippen LogP contribution in [0.2, 0.25) is 0 Å². The summed E-state index contributed by atoms with van der Waals surface area (Å²) in [6, 6.07) is 0. The molecule has 2 N–H and O–H groups in total. The molecular formula is C7H12O5. The maximum Gasteiger partial charge on any atom is 0.302 e. The molecule has 0 amide bonds. The van der Waals surface area contributed by atoms with Crippen LogP contribution in [-0.4, -0.2) is 41.3 Å². The van der Waals surface area contributed by atoms with E-state index in [1.54, 1.807) is 0 Å². The normalized spacial score (nSPS) is 36.1. The predicted octanol–water partition coefficient (Wildman–Crippen LogP) is -0.982. The highest BCUT2D eigenvalue weighted by Gasteiger charge is 2.33. The molecule has 0 saturated carbocycles. The first kappa shape index (κ1) is 9.44. The molecule has 1 fully saturated rings. The summed E-state index contributed by atoms with van der Waals surface area (Å²) in [6.07, 6.45) is -2.62. The number of carbonyl (C=O) groups excluding carboxylic acids is 1. The standard InChI is InChI=1S/C7H12O5/c1-4(8)12-5-2-3-11-7(10)6(5)9/h5-7,9-10H,2-3H2,1H3/t5-,6+,7-/m0/s1. The van der Waals surface area contributed by atoms with Crippen molar-refractivity contribution in [3.8, 4) is 0 Å². The van der Waals surface area contributed by atoms with Gasteiger partial charge in [-0.1, -0.05) is 0 Å². The Balaban J connectivity index is 2.46. The molecule has 1 aliphatic rings. The maximum atomic E-state index is 10.5. The second-order valence-corrected chi connectivity index (χ2v) is 2.69. The van der Waals surface area contributed by atoms with Gasteiger partial charge in [0.2, 0.25) is 0 Å². The fourth-order valence-corrected chi connectivity index (χ4v) is 1.10. The molecule has 5 nitrogen and oxygen atoms in total. The molecule has 0 unspecified atom stereocenters. The third-order valence-electron chi connectivity index (χ3n) is 1.68. The van der Waals surface area contributed by atoms with Crippen molar-refractivity contribution in [1.82, 2.24) is 0 Å². The highest BCUT2D eigenvalue weighted by molar-refractivity contribution is 5.66. The van der Waals surface area contributed by atoms with Crippen LogP contribution in [-0.2, 0) is 14.3 Å². The van der Waals surface area contributed by atoms with Crippen molar-refractivity contribution in [1.29, 1.82) is 0 Å². The SMILES string of the molecule is CC(=O)O[C@H]1CCO[C@H](O)[C@@H]1O. The molecular weight excluding hydrogens is 164 g/mol. The van der Waals surface area contributed by atoms with Crippen LogP contribution in [0.4, 0.5) is 0 Å². The Morgan fingerprint density at radius 1 is 1.58 bits per heavy atom. The Bertz CT molecular complexity index is 169. The number of aliphatic hydroxyl groups is 2. The molecule has 1 aliphatic heterocycles. The highest BCUT2D eigenvalue weighted by Crippen LogP contribution is 2.15. The summed E-state index contributed by atoms with van der Waals surface area (Å²) in [4.78, 5) is 10.5. The molecule has 0 aromatic rings. The molecule has 0 radical (unpaired) electrons. The summed E-state index contributed by atoms with van der Waals surface area (Å²) >= 11 is 0. The lowest BCUT2D eigenvalue weighted by Gasteiger charge is -2.30. The van der Waals surface area contributed by atoms with E-state index < -0.39 is 24.5 Å². The smallest absolute Gasteiger partial charge is 0.302 e. The third-order valence-corrected chi connectivity index (χ3v) is 1.68. The summed E-state index contributed by atoms with van der Waals surface area (Å²) in [5.41, 5.74) is 0. The van der Waals surface area contributed by atoms with Crippen molar-refractivity contribution in [3.05, 3.63) is 0 Å². The van der Waals surface area contributed by atoms with E-state index in [9.17, 15) is 9.90 Å². The van der Waals surface area contributed by atoms with E-state index in [-0.39, 0.29) is 6.61 Å². The Morgan fingerprint density at radius 2 is 2.25 bits per heavy atom. The van der Waals surface area contributed by atoms with Gasteiger partial charge in [-0.05, 0) is 0 Å². The minimum Gasteiger partial charge on any atom is -0.459 e. The van der Waals surface area contributed by atoms with E-state index in [0.717, 1.165) is 0 Å². The van der Waals surface area contributed by atoms with Gasteiger partial charge in [0.05, 0.1) is 6.61 Å². The van der Waals surface area contributed by atoms with Crippen LogP contribution >= 0.6 is 0 Å². The zero-order valence-electron chi connectivity index (χ0n) is 6.77. The fourth-order valence-electron chi connectivity index (χ4n) is 1.10. The van der Waals surface area contributed by atoms with Gasteiger partial charge < -0.3 is 19.7 Å². The number of rotatable bonds is 1. The first-order chi connectivity index (χ1) is 5.61. The average Bonchev–Trinajstić information content (AvgIpc) is 1.98. The van der Waals surface area contributed by atoms with Crippen LogP contribution in [0.1, 0.15) is 13.3 Å². The Hall–Kier alpha value is -0.650. The van der Waals surface area contributed by atoms with Gasteiger partial charge in [-0.2, -0.15) is 0 Å². The lowest BCUT2D eigenvalue weighted by molar-refractivity contribution is -0.227. The largest absolute Gasteiger partial charge is 0.459 e. The summed E-state index contributed by atoms with van der Waals surface area (Å²) in [7, 11) is 0. The van der Waals surface area contributed by atoms with Gasteiger partial charge in [-0.3, -0.25) is 4.79 Å². The molecule has 1 rings (SSSR count). The van der Waals surface area contributed by atoms with Crippen molar-refractivity contribution >= 4 is 5.97 Å². The van der Waals surface area contributed by atoms with E-state index in [2.05, 4.69) is 0 Å². The van der Waals surface area contributed by atoms with Gasteiger partial charge in [0.1, 0.15) is 12.2 Å². The van der Waals surface area contributed by atoms with E-state index in [1.807, 2.05) is 0 Å². The van der Waals surface area contributed by atoms with Crippen LogP contribution in [0.5, 0.6) is 0 Å². The predicted molar refractivity (Wildman–Crippen MR) is 38.1 cm³/mol. The molecule has 0 aliphatic carbocycles.